The molecular formula is C16H19F3O3. The van der Waals surface area contributed by atoms with E-state index in [1.54, 1.807) is 6.07 Å². The summed E-state index contributed by atoms with van der Waals surface area (Å²) in [6.07, 6.45) is -3.89. The number of carbonyl (C=O) groups is 1. The monoisotopic (exact) mass is 316 g/mol. The standard InChI is InChI=1S/C16H19F3O3/c1-14(2)10-15(6-7-22-14,9-13(20)21)11-4-3-5-12(8-11)16(17,18)19/h3-5,8H,6-7,9-10H2,1-2H3,(H,20,21)/t15-/m1/s1. The Kier molecular flexibility index (Phi) is 4.26. The van der Waals surface area contributed by atoms with Crippen LogP contribution in [0.15, 0.2) is 24.3 Å². The predicted octanol–water partition coefficient (Wildman–Crippen LogP) is 4.01. The molecule has 1 aliphatic rings. The Balaban J connectivity index is 2.48. The van der Waals surface area contributed by atoms with Crippen molar-refractivity contribution in [2.75, 3.05) is 6.61 Å². The van der Waals surface area contributed by atoms with Crippen molar-refractivity contribution in [2.24, 2.45) is 0 Å². The van der Waals surface area contributed by atoms with Crippen LogP contribution in [0.1, 0.15) is 44.2 Å². The molecule has 1 heterocycles. The van der Waals surface area contributed by atoms with Gasteiger partial charge in [0.15, 0.2) is 0 Å². The lowest BCUT2D eigenvalue weighted by atomic mass is 9.67. The molecule has 1 saturated heterocycles. The van der Waals surface area contributed by atoms with E-state index in [-0.39, 0.29) is 6.42 Å². The number of ether oxygens (including phenoxy) is 1. The molecule has 0 bridgehead atoms. The van der Waals surface area contributed by atoms with Gasteiger partial charge in [-0.1, -0.05) is 18.2 Å². The molecule has 1 fully saturated rings. The van der Waals surface area contributed by atoms with E-state index in [4.69, 9.17) is 4.74 Å². The van der Waals surface area contributed by atoms with Crippen LogP contribution in [0.5, 0.6) is 0 Å². The highest BCUT2D eigenvalue weighted by molar-refractivity contribution is 5.69. The first kappa shape index (κ1) is 16.8. The predicted molar refractivity (Wildman–Crippen MR) is 74.6 cm³/mol. The summed E-state index contributed by atoms with van der Waals surface area (Å²) in [5.74, 6) is -1.02. The molecule has 122 valence electrons. The molecule has 2 rings (SSSR count). The highest BCUT2D eigenvalue weighted by Crippen LogP contribution is 2.45. The fraction of sp³-hybridized carbons (Fsp3) is 0.562. The highest BCUT2D eigenvalue weighted by atomic mass is 19.4. The van der Waals surface area contributed by atoms with E-state index in [0.717, 1.165) is 12.1 Å². The number of carboxylic acid groups (broad SMARTS) is 1. The van der Waals surface area contributed by atoms with Crippen molar-refractivity contribution in [3.05, 3.63) is 35.4 Å². The molecule has 0 unspecified atom stereocenters. The molecule has 1 aliphatic heterocycles. The van der Waals surface area contributed by atoms with Gasteiger partial charge in [0, 0.05) is 12.0 Å². The molecule has 0 aliphatic carbocycles. The fourth-order valence-electron chi connectivity index (χ4n) is 3.29. The van der Waals surface area contributed by atoms with Gasteiger partial charge in [-0.05, 0) is 38.3 Å². The third-order valence-corrected chi connectivity index (χ3v) is 4.13. The molecule has 22 heavy (non-hydrogen) atoms. The first-order valence-electron chi connectivity index (χ1n) is 7.08. The molecule has 0 aromatic heterocycles. The van der Waals surface area contributed by atoms with Crippen LogP contribution in [0.25, 0.3) is 0 Å². The molecule has 0 radical (unpaired) electrons. The van der Waals surface area contributed by atoms with Crippen molar-refractivity contribution in [1.29, 1.82) is 0 Å². The van der Waals surface area contributed by atoms with E-state index < -0.39 is 28.7 Å². The zero-order chi connectivity index (χ0) is 16.6. The molecule has 3 nitrogen and oxygen atoms in total. The summed E-state index contributed by atoms with van der Waals surface area (Å²) < 4.78 is 44.4. The van der Waals surface area contributed by atoms with Crippen molar-refractivity contribution in [3.8, 4) is 0 Å². The topological polar surface area (TPSA) is 46.5 Å². The van der Waals surface area contributed by atoms with E-state index in [9.17, 15) is 23.1 Å². The van der Waals surface area contributed by atoms with Gasteiger partial charge in [0.2, 0.25) is 0 Å². The van der Waals surface area contributed by atoms with Crippen molar-refractivity contribution >= 4 is 5.97 Å². The van der Waals surface area contributed by atoms with Gasteiger partial charge in [0.1, 0.15) is 0 Å². The summed E-state index contributed by atoms with van der Waals surface area (Å²) in [5.41, 5.74) is -1.74. The normalized spacial score (nSPS) is 25.0. The van der Waals surface area contributed by atoms with Crippen LogP contribution >= 0.6 is 0 Å². The zero-order valence-corrected chi connectivity index (χ0v) is 12.5. The minimum absolute atomic E-state index is 0.207. The maximum atomic E-state index is 12.9. The van der Waals surface area contributed by atoms with Gasteiger partial charge in [-0.15, -0.1) is 0 Å². The Bertz CT molecular complexity index is 566. The van der Waals surface area contributed by atoms with Gasteiger partial charge in [0.05, 0.1) is 17.6 Å². The first-order chi connectivity index (χ1) is 10.0. The number of benzene rings is 1. The Hall–Kier alpha value is -1.56. The number of halogens is 3. The number of rotatable bonds is 3. The van der Waals surface area contributed by atoms with Crippen LogP contribution in [-0.4, -0.2) is 23.3 Å². The molecule has 0 saturated carbocycles. The first-order valence-corrected chi connectivity index (χ1v) is 7.08. The molecule has 1 aromatic rings. The molecule has 1 N–H and O–H groups in total. The Morgan fingerprint density at radius 2 is 2.05 bits per heavy atom. The summed E-state index contributed by atoms with van der Waals surface area (Å²) in [5, 5.41) is 9.23. The Morgan fingerprint density at radius 1 is 1.36 bits per heavy atom. The highest BCUT2D eigenvalue weighted by Gasteiger charge is 2.44. The molecule has 0 amide bonds. The summed E-state index contributed by atoms with van der Waals surface area (Å²) in [7, 11) is 0. The van der Waals surface area contributed by atoms with E-state index >= 15 is 0 Å². The van der Waals surface area contributed by atoms with Crippen molar-refractivity contribution in [3.63, 3.8) is 0 Å². The third kappa shape index (κ3) is 3.61. The average molecular weight is 316 g/mol. The maximum absolute atomic E-state index is 12.9. The van der Waals surface area contributed by atoms with Crippen LogP contribution in [0.3, 0.4) is 0 Å². The molecule has 1 aromatic carbocycles. The second-order valence-corrected chi connectivity index (χ2v) is 6.46. The number of hydrogen-bond acceptors (Lipinski definition) is 2. The molecule has 0 spiro atoms. The van der Waals surface area contributed by atoms with Gasteiger partial charge in [-0.25, -0.2) is 0 Å². The van der Waals surface area contributed by atoms with Gasteiger partial charge in [-0.3, -0.25) is 4.79 Å². The van der Waals surface area contributed by atoms with Crippen molar-refractivity contribution in [1.82, 2.24) is 0 Å². The smallest absolute Gasteiger partial charge is 0.416 e. The second kappa shape index (κ2) is 5.57. The number of aliphatic carboxylic acids is 1. The summed E-state index contributed by atoms with van der Waals surface area (Å²) in [6, 6.07) is 5.00. The third-order valence-electron chi connectivity index (χ3n) is 4.13. The second-order valence-electron chi connectivity index (χ2n) is 6.46. The Labute approximate surface area is 127 Å². The average Bonchev–Trinajstić information content (AvgIpc) is 2.36. The Morgan fingerprint density at radius 3 is 2.59 bits per heavy atom. The van der Waals surface area contributed by atoms with Gasteiger partial charge < -0.3 is 9.84 Å². The largest absolute Gasteiger partial charge is 0.481 e. The lowest BCUT2D eigenvalue weighted by Gasteiger charge is -2.44. The molecular weight excluding hydrogens is 297 g/mol. The SMILES string of the molecule is CC1(C)C[C@@](CC(=O)O)(c2cccc(C(F)(F)F)c2)CCO1. The van der Waals surface area contributed by atoms with E-state index in [1.165, 1.54) is 6.07 Å². The van der Waals surface area contributed by atoms with Gasteiger partial charge in [-0.2, -0.15) is 13.2 Å². The fourth-order valence-corrected chi connectivity index (χ4v) is 3.29. The van der Waals surface area contributed by atoms with E-state index in [2.05, 4.69) is 0 Å². The summed E-state index contributed by atoms with van der Waals surface area (Å²) in [4.78, 5) is 11.3. The van der Waals surface area contributed by atoms with Gasteiger partial charge >= 0.3 is 12.1 Å². The van der Waals surface area contributed by atoms with Gasteiger partial charge in [0.25, 0.3) is 0 Å². The van der Waals surface area contributed by atoms with E-state index in [1.807, 2.05) is 13.8 Å². The minimum atomic E-state index is -4.44. The number of hydrogen-bond donors (Lipinski definition) is 1. The molecule has 6 heteroatoms. The molecule has 1 atom stereocenters. The van der Waals surface area contributed by atoms with Crippen molar-refractivity contribution < 1.29 is 27.8 Å². The number of carboxylic acids is 1. The summed E-state index contributed by atoms with van der Waals surface area (Å²) in [6.45, 7) is 3.99. The lowest BCUT2D eigenvalue weighted by molar-refractivity contribution is -0.142. The minimum Gasteiger partial charge on any atom is -0.481 e. The maximum Gasteiger partial charge on any atom is 0.416 e. The van der Waals surface area contributed by atoms with Crippen LogP contribution in [0.2, 0.25) is 0 Å². The summed E-state index contributed by atoms with van der Waals surface area (Å²) >= 11 is 0. The lowest BCUT2D eigenvalue weighted by Crippen LogP contribution is -2.45. The van der Waals surface area contributed by atoms with Crippen LogP contribution in [0.4, 0.5) is 13.2 Å². The van der Waals surface area contributed by atoms with E-state index in [0.29, 0.717) is 25.0 Å². The quantitative estimate of drug-likeness (QED) is 0.916. The number of alkyl halides is 3. The van der Waals surface area contributed by atoms with Crippen LogP contribution in [0, 0.1) is 0 Å². The van der Waals surface area contributed by atoms with Crippen molar-refractivity contribution in [2.45, 2.75) is 50.3 Å². The zero-order valence-electron chi connectivity index (χ0n) is 12.5. The van der Waals surface area contributed by atoms with Crippen LogP contribution in [-0.2, 0) is 21.1 Å². The van der Waals surface area contributed by atoms with Crippen LogP contribution < -0.4 is 0 Å².